The van der Waals surface area contributed by atoms with Gasteiger partial charge in [0, 0.05) is 34.9 Å². The third-order valence-electron chi connectivity index (χ3n) is 7.04. The summed E-state index contributed by atoms with van der Waals surface area (Å²) in [5.41, 5.74) is 8.26. The Morgan fingerprint density at radius 3 is 2.53 bits per heavy atom. The molecular formula is C31H33ClN4. The molecule has 0 saturated carbocycles. The van der Waals surface area contributed by atoms with Crippen LogP contribution >= 0.6 is 11.6 Å². The Morgan fingerprint density at radius 2 is 1.75 bits per heavy atom. The standard InChI is InChI=1S/C31H33ClN4/c1-3-4-18-36(2)19-17-22-9-15-26(16-10-22)34-31-33-21-24-20-29(23-11-13-25(32)14-12-23)27-7-5-6-8-28(27)30(24)35-31/h5-16,21,29H,3-4,17-20H2,1-2H3,(H,33,34,35)/t29-/m0/s1. The van der Waals surface area contributed by atoms with Crippen molar-refractivity contribution >= 4 is 23.2 Å². The highest BCUT2D eigenvalue weighted by Gasteiger charge is 2.27. The number of rotatable bonds is 9. The van der Waals surface area contributed by atoms with Crippen molar-refractivity contribution in [3.05, 3.63) is 106 Å². The Morgan fingerprint density at radius 1 is 0.972 bits per heavy atom. The molecule has 0 aliphatic heterocycles. The van der Waals surface area contributed by atoms with Gasteiger partial charge in [0.05, 0.1) is 5.69 Å². The summed E-state index contributed by atoms with van der Waals surface area (Å²) in [7, 11) is 2.20. The van der Waals surface area contributed by atoms with Gasteiger partial charge in [-0.2, -0.15) is 0 Å². The molecule has 1 aromatic heterocycles. The number of unbranched alkanes of at least 4 members (excludes halogenated alkanes) is 1. The first-order chi connectivity index (χ1) is 17.6. The van der Waals surface area contributed by atoms with Gasteiger partial charge in [-0.3, -0.25) is 0 Å². The van der Waals surface area contributed by atoms with Gasteiger partial charge in [0.1, 0.15) is 0 Å². The lowest BCUT2D eigenvalue weighted by atomic mass is 9.78. The molecule has 4 aromatic rings. The van der Waals surface area contributed by atoms with E-state index in [4.69, 9.17) is 16.6 Å². The largest absolute Gasteiger partial charge is 0.324 e. The lowest BCUT2D eigenvalue weighted by Crippen LogP contribution is -2.22. The number of aromatic nitrogens is 2. The van der Waals surface area contributed by atoms with Gasteiger partial charge in [-0.05, 0) is 79.4 Å². The third kappa shape index (κ3) is 5.61. The average Bonchev–Trinajstić information content (AvgIpc) is 2.91. The first-order valence-electron chi connectivity index (χ1n) is 12.9. The maximum atomic E-state index is 6.14. The molecule has 0 spiro atoms. The summed E-state index contributed by atoms with van der Waals surface area (Å²) in [6.07, 6.45) is 6.40. The molecule has 0 unspecified atom stereocenters. The maximum absolute atomic E-state index is 6.14. The molecule has 0 radical (unpaired) electrons. The molecule has 3 aromatic carbocycles. The lowest BCUT2D eigenvalue weighted by Gasteiger charge is -2.27. The average molecular weight is 497 g/mol. The molecule has 0 bridgehead atoms. The molecule has 5 heteroatoms. The third-order valence-corrected chi connectivity index (χ3v) is 7.29. The molecule has 1 aliphatic rings. The van der Waals surface area contributed by atoms with Crippen molar-refractivity contribution < 1.29 is 0 Å². The highest BCUT2D eigenvalue weighted by atomic mass is 35.5. The molecule has 1 heterocycles. The van der Waals surface area contributed by atoms with Crippen LogP contribution in [0.15, 0.2) is 79.0 Å². The number of hydrogen-bond acceptors (Lipinski definition) is 4. The number of benzene rings is 3. The number of fused-ring (bicyclic) bond motifs is 3. The van der Waals surface area contributed by atoms with E-state index in [1.807, 2.05) is 18.3 Å². The topological polar surface area (TPSA) is 41.0 Å². The van der Waals surface area contributed by atoms with E-state index in [0.29, 0.717) is 5.95 Å². The van der Waals surface area contributed by atoms with E-state index in [0.717, 1.165) is 42.3 Å². The summed E-state index contributed by atoms with van der Waals surface area (Å²) >= 11 is 6.14. The van der Waals surface area contributed by atoms with Gasteiger partial charge in [-0.1, -0.05) is 73.5 Å². The quantitative estimate of drug-likeness (QED) is 0.260. The van der Waals surface area contributed by atoms with Crippen LogP contribution in [0, 0.1) is 0 Å². The van der Waals surface area contributed by atoms with Gasteiger partial charge in [0.15, 0.2) is 0 Å². The van der Waals surface area contributed by atoms with Crippen LogP contribution in [-0.4, -0.2) is 35.0 Å². The molecular weight excluding hydrogens is 464 g/mol. The van der Waals surface area contributed by atoms with E-state index >= 15 is 0 Å². The van der Waals surface area contributed by atoms with Crippen molar-refractivity contribution in [3.63, 3.8) is 0 Å². The molecule has 0 amide bonds. The molecule has 184 valence electrons. The Kier molecular flexibility index (Phi) is 7.64. The monoisotopic (exact) mass is 496 g/mol. The molecule has 0 saturated heterocycles. The SMILES string of the molecule is CCCCN(C)CCc1ccc(Nc2ncc3c(n2)-c2ccccc2[C@H](c2ccc(Cl)cc2)C3)cc1. The van der Waals surface area contributed by atoms with Crippen LogP contribution < -0.4 is 5.32 Å². The predicted octanol–water partition coefficient (Wildman–Crippen LogP) is 7.50. The van der Waals surface area contributed by atoms with Crippen LogP contribution in [0.3, 0.4) is 0 Å². The van der Waals surface area contributed by atoms with Crippen molar-refractivity contribution in [1.29, 1.82) is 0 Å². The highest BCUT2D eigenvalue weighted by Crippen LogP contribution is 2.42. The highest BCUT2D eigenvalue weighted by molar-refractivity contribution is 6.30. The summed E-state index contributed by atoms with van der Waals surface area (Å²) in [4.78, 5) is 12.0. The fraction of sp³-hybridized carbons (Fsp3) is 0.290. The number of halogens is 1. The minimum absolute atomic E-state index is 0.266. The second-order valence-corrected chi connectivity index (χ2v) is 10.1. The predicted molar refractivity (Wildman–Crippen MR) is 150 cm³/mol. The number of likely N-dealkylation sites (N-methyl/N-ethyl adjacent to an activating group) is 1. The van der Waals surface area contributed by atoms with Crippen LogP contribution in [0.5, 0.6) is 0 Å². The van der Waals surface area contributed by atoms with E-state index in [9.17, 15) is 0 Å². The van der Waals surface area contributed by atoms with E-state index in [1.165, 1.54) is 40.7 Å². The van der Waals surface area contributed by atoms with E-state index in [1.54, 1.807) is 0 Å². The molecule has 4 nitrogen and oxygen atoms in total. The second-order valence-electron chi connectivity index (χ2n) is 9.69. The van der Waals surface area contributed by atoms with Gasteiger partial charge < -0.3 is 10.2 Å². The van der Waals surface area contributed by atoms with Crippen molar-refractivity contribution in [2.24, 2.45) is 0 Å². The summed E-state index contributed by atoms with van der Waals surface area (Å²) < 4.78 is 0. The summed E-state index contributed by atoms with van der Waals surface area (Å²) in [6.45, 7) is 4.48. The Balaban J connectivity index is 1.31. The zero-order valence-electron chi connectivity index (χ0n) is 21.0. The van der Waals surface area contributed by atoms with Crippen molar-refractivity contribution in [3.8, 4) is 11.3 Å². The van der Waals surface area contributed by atoms with Gasteiger partial charge in [0.25, 0.3) is 0 Å². The Hall–Kier alpha value is -3.21. The summed E-state index contributed by atoms with van der Waals surface area (Å²) in [6, 6.07) is 25.4. The summed E-state index contributed by atoms with van der Waals surface area (Å²) in [5.74, 6) is 0.891. The molecule has 1 N–H and O–H groups in total. The van der Waals surface area contributed by atoms with Crippen molar-refractivity contribution in [2.75, 3.05) is 25.5 Å². The fourth-order valence-corrected chi connectivity index (χ4v) is 5.06. The molecule has 1 aliphatic carbocycles. The van der Waals surface area contributed by atoms with Gasteiger partial charge >= 0.3 is 0 Å². The minimum atomic E-state index is 0.266. The fourth-order valence-electron chi connectivity index (χ4n) is 4.93. The minimum Gasteiger partial charge on any atom is -0.324 e. The number of nitrogens with zero attached hydrogens (tertiary/aromatic N) is 3. The van der Waals surface area contributed by atoms with Crippen molar-refractivity contribution in [2.45, 2.75) is 38.5 Å². The van der Waals surface area contributed by atoms with Crippen LogP contribution in [0.1, 0.15) is 47.9 Å². The van der Waals surface area contributed by atoms with Gasteiger partial charge in [-0.15, -0.1) is 0 Å². The molecule has 36 heavy (non-hydrogen) atoms. The van der Waals surface area contributed by atoms with Gasteiger partial charge in [-0.25, -0.2) is 9.97 Å². The summed E-state index contributed by atoms with van der Waals surface area (Å²) in [5, 5.41) is 4.17. The zero-order chi connectivity index (χ0) is 24.9. The number of anilines is 2. The van der Waals surface area contributed by atoms with E-state index < -0.39 is 0 Å². The lowest BCUT2D eigenvalue weighted by molar-refractivity contribution is 0.332. The normalized spacial score (nSPS) is 14.4. The Bertz CT molecular complexity index is 1300. The zero-order valence-corrected chi connectivity index (χ0v) is 21.8. The van der Waals surface area contributed by atoms with Crippen LogP contribution in [0.4, 0.5) is 11.6 Å². The van der Waals surface area contributed by atoms with Crippen LogP contribution in [-0.2, 0) is 12.8 Å². The first kappa shape index (κ1) is 24.5. The van der Waals surface area contributed by atoms with Crippen LogP contribution in [0.2, 0.25) is 5.02 Å². The maximum Gasteiger partial charge on any atom is 0.227 e. The number of nitrogens with one attached hydrogen (secondary N) is 1. The first-order valence-corrected chi connectivity index (χ1v) is 13.2. The van der Waals surface area contributed by atoms with Gasteiger partial charge in [0.2, 0.25) is 5.95 Å². The molecule has 5 rings (SSSR count). The number of hydrogen-bond donors (Lipinski definition) is 1. The van der Waals surface area contributed by atoms with E-state index in [-0.39, 0.29) is 5.92 Å². The smallest absolute Gasteiger partial charge is 0.227 e. The van der Waals surface area contributed by atoms with Crippen LogP contribution in [0.25, 0.3) is 11.3 Å². The molecule has 0 fully saturated rings. The Labute approximate surface area is 219 Å². The molecule has 1 atom stereocenters. The second kappa shape index (κ2) is 11.2. The van der Waals surface area contributed by atoms with E-state index in [2.05, 4.69) is 89.8 Å². The van der Waals surface area contributed by atoms with Crippen molar-refractivity contribution in [1.82, 2.24) is 14.9 Å².